The molecule has 0 saturated carbocycles. The maximum Gasteiger partial charge on any atom is 0.336 e. The first-order chi connectivity index (χ1) is 30.5. The van der Waals surface area contributed by atoms with Crippen LogP contribution in [0, 0.1) is 0 Å². The summed E-state index contributed by atoms with van der Waals surface area (Å²) in [5, 5.41) is 38.9. The van der Waals surface area contributed by atoms with E-state index in [-0.39, 0.29) is 33.5 Å². The molecule has 0 atom stereocenters. The number of carbonyl (C=O) groups is 2. The largest absolute Gasteiger partial charge is 0.508 e. The van der Waals surface area contributed by atoms with E-state index in [9.17, 15) is 24.6 Å². The first-order valence-corrected chi connectivity index (χ1v) is 21.3. The van der Waals surface area contributed by atoms with Crippen LogP contribution in [0.2, 0.25) is 10.0 Å². The summed E-state index contributed by atoms with van der Waals surface area (Å²) in [5.74, 6) is -1.23. The zero-order chi connectivity index (χ0) is 43.8. The van der Waals surface area contributed by atoms with Crippen LogP contribution < -0.4 is 21.4 Å². The van der Waals surface area contributed by atoms with Crippen LogP contribution in [0.25, 0.3) is 44.2 Å². The Morgan fingerprint density at radius 2 is 1.68 bits per heavy atom. The van der Waals surface area contributed by atoms with Crippen LogP contribution in [0.4, 0.5) is 5.69 Å². The Morgan fingerprint density at radius 1 is 0.857 bits per heavy atom. The lowest BCUT2D eigenvalue weighted by molar-refractivity contribution is 0.0697. The van der Waals surface area contributed by atoms with Crippen molar-refractivity contribution in [1.29, 1.82) is 0 Å². The predicted octanol–water partition coefficient (Wildman–Crippen LogP) is 9.10. The minimum absolute atomic E-state index is 0.0153. The smallest absolute Gasteiger partial charge is 0.336 e. The molecule has 5 N–H and O–H groups in total. The van der Waals surface area contributed by atoms with Gasteiger partial charge in [-0.15, -0.1) is 0 Å². The van der Waals surface area contributed by atoms with Gasteiger partial charge in [-0.25, -0.2) is 4.79 Å². The molecule has 0 radical (unpaired) electrons. The minimum Gasteiger partial charge on any atom is -0.508 e. The Kier molecular flexibility index (Phi) is 11.6. The molecule has 0 unspecified atom stereocenters. The summed E-state index contributed by atoms with van der Waals surface area (Å²) in [6.45, 7) is 2.94. The highest BCUT2D eigenvalue weighted by molar-refractivity contribution is 7.80. The Labute approximate surface area is 376 Å². The van der Waals surface area contributed by atoms with Crippen LogP contribution in [0.1, 0.15) is 43.2 Å². The van der Waals surface area contributed by atoms with Gasteiger partial charge in [0.05, 0.1) is 22.2 Å². The van der Waals surface area contributed by atoms with E-state index in [1.807, 2.05) is 59.3 Å². The average Bonchev–Trinajstić information content (AvgIpc) is 3.63. The molecule has 1 aliphatic carbocycles. The van der Waals surface area contributed by atoms with Crippen molar-refractivity contribution >= 4 is 79.8 Å². The maximum absolute atomic E-state index is 14.0. The van der Waals surface area contributed by atoms with E-state index in [1.165, 1.54) is 30.3 Å². The Morgan fingerprint density at radius 3 is 2.52 bits per heavy atom. The summed E-state index contributed by atoms with van der Waals surface area (Å²) in [4.78, 5) is 41.2. The Bertz CT molecular complexity index is 3140. The van der Waals surface area contributed by atoms with Crippen LogP contribution in [0.5, 0.6) is 5.75 Å². The molecule has 1 amide bonds. The highest BCUT2D eigenvalue weighted by Gasteiger charge is 2.29. The van der Waals surface area contributed by atoms with E-state index in [1.54, 1.807) is 30.3 Å². The van der Waals surface area contributed by atoms with Crippen LogP contribution in [0.15, 0.2) is 124 Å². The average molecular weight is 898 g/mol. The number of nitrogens with one attached hydrogen (secondary N) is 3. The number of aromatic nitrogens is 2. The highest BCUT2D eigenvalue weighted by Crippen LogP contribution is 2.42. The molecular formula is C48H38Cl2N6O6S. The van der Waals surface area contributed by atoms with Gasteiger partial charge in [0.25, 0.3) is 5.91 Å². The van der Waals surface area contributed by atoms with E-state index >= 15 is 0 Å². The second-order valence-corrected chi connectivity index (χ2v) is 16.5. The number of nitrogens with zero attached hydrogens (tertiary/aromatic N) is 3. The normalized spacial score (nSPS) is 12.7. The number of fused-ring (bicyclic) bond motifs is 4. The van der Waals surface area contributed by atoms with E-state index in [4.69, 9.17) is 44.9 Å². The molecule has 0 bridgehead atoms. The van der Waals surface area contributed by atoms with Crippen LogP contribution in [0.3, 0.4) is 0 Å². The topological polar surface area (TPSA) is 162 Å². The zero-order valence-corrected chi connectivity index (χ0v) is 35.8. The third kappa shape index (κ3) is 8.69. The third-order valence-corrected chi connectivity index (χ3v) is 12.2. The van der Waals surface area contributed by atoms with Crippen molar-refractivity contribution in [2.75, 3.05) is 18.4 Å². The van der Waals surface area contributed by atoms with Crippen molar-refractivity contribution in [3.63, 3.8) is 0 Å². The summed E-state index contributed by atoms with van der Waals surface area (Å²) < 4.78 is 7.82. The Hall–Kier alpha value is -6.77. The summed E-state index contributed by atoms with van der Waals surface area (Å²) >= 11 is 18.2. The fraction of sp³-hybridized carbons (Fsp3) is 0.146. The molecule has 63 heavy (non-hydrogen) atoms. The van der Waals surface area contributed by atoms with Gasteiger partial charge in [0.2, 0.25) is 0 Å². The molecule has 0 spiro atoms. The number of halogens is 2. The van der Waals surface area contributed by atoms with Crippen molar-refractivity contribution in [2.24, 2.45) is 0 Å². The molecule has 2 aliphatic heterocycles. The molecule has 9 rings (SSSR count). The summed E-state index contributed by atoms with van der Waals surface area (Å²) in [7, 11) is 0. The number of hydrogen-bond donors (Lipinski definition) is 5. The number of benzene rings is 6. The molecule has 0 fully saturated rings. The van der Waals surface area contributed by atoms with Gasteiger partial charge < -0.3 is 30.6 Å². The van der Waals surface area contributed by atoms with Gasteiger partial charge in [-0.1, -0.05) is 77.8 Å². The molecule has 1 aromatic heterocycles. The number of anilines is 1. The number of aromatic carboxylic acids is 1. The van der Waals surface area contributed by atoms with Crippen LogP contribution in [-0.2, 0) is 32.6 Å². The number of phenolic OH excluding ortho intramolecular Hbond substituents is 1. The number of rotatable bonds is 11. The number of carboxylic acid groups (broad SMARTS) is 1. The second-order valence-electron chi connectivity index (χ2n) is 15.3. The van der Waals surface area contributed by atoms with Gasteiger partial charge in [0.15, 0.2) is 16.2 Å². The van der Waals surface area contributed by atoms with Crippen molar-refractivity contribution in [2.45, 2.75) is 32.6 Å². The summed E-state index contributed by atoms with van der Waals surface area (Å²) in [5.41, 5.74) is 6.11. The number of hydrogen-bond acceptors (Lipinski definition) is 8. The van der Waals surface area contributed by atoms with Gasteiger partial charge in [0.1, 0.15) is 17.1 Å². The van der Waals surface area contributed by atoms with Crippen molar-refractivity contribution in [1.82, 2.24) is 25.3 Å². The molecular weight excluding hydrogens is 860 g/mol. The molecule has 0 saturated heterocycles. The lowest BCUT2D eigenvalue weighted by atomic mass is 9.90. The molecule has 6 aromatic rings. The second kappa shape index (κ2) is 17.5. The number of phenols is 1. The van der Waals surface area contributed by atoms with Gasteiger partial charge in [-0.05, 0) is 88.2 Å². The lowest BCUT2D eigenvalue weighted by Crippen LogP contribution is -2.33. The third-order valence-electron chi connectivity index (χ3n) is 11.2. The lowest BCUT2D eigenvalue weighted by Gasteiger charge is -2.28. The van der Waals surface area contributed by atoms with Gasteiger partial charge in [0, 0.05) is 84.7 Å². The van der Waals surface area contributed by atoms with Crippen molar-refractivity contribution < 1.29 is 24.2 Å². The summed E-state index contributed by atoms with van der Waals surface area (Å²) in [6, 6.07) is 33.5. The number of carboxylic acids is 1. The standard InChI is InChI=1S/C48H38Cl2N6O6S/c49-39-15-8-27(20-40(39)50)25-55-18-16-41-38(26-55)45(46(59)52-24-29-6-3-5-28-4-1-2-7-33(28)29)54-56(41)19-17-51-48(63)53-30-9-12-34(37(21-30)47(60)61)44-35-13-10-31(57)22-42(35)62-43-23-32(58)11-14-36(43)44/h1-15,20-23,57H,16-19,24-26H2,(H,52,59)(H,60,61)(H2,51,53,63). The van der Waals surface area contributed by atoms with Crippen molar-refractivity contribution in [3.8, 4) is 28.2 Å². The Balaban J connectivity index is 0.927. The quantitative estimate of drug-likeness (QED) is 0.0622. The number of amides is 1. The van der Waals surface area contributed by atoms with E-state index in [2.05, 4.69) is 20.9 Å². The van der Waals surface area contributed by atoms with Gasteiger partial charge >= 0.3 is 5.97 Å². The number of aromatic hydroxyl groups is 1. The minimum atomic E-state index is -1.18. The van der Waals surface area contributed by atoms with Gasteiger partial charge in [-0.2, -0.15) is 5.10 Å². The van der Waals surface area contributed by atoms with Gasteiger partial charge in [-0.3, -0.25) is 19.2 Å². The highest BCUT2D eigenvalue weighted by atomic mass is 35.5. The van der Waals surface area contributed by atoms with Crippen LogP contribution >= 0.6 is 35.4 Å². The monoisotopic (exact) mass is 896 g/mol. The van der Waals surface area contributed by atoms with E-state index in [0.717, 1.165) is 39.7 Å². The maximum atomic E-state index is 14.0. The fourth-order valence-corrected chi connectivity index (χ4v) is 8.81. The number of thiocarbonyl (C=S) groups is 1. The molecule has 316 valence electrons. The molecule has 3 aliphatic rings. The molecule has 15 heteroatoms. The fourth-order valence-electron chi connectivity index (χ4n) is 8.27. The first kappa shape index (κ1) is 41.6. The molecule has 12 nitrogen and oxygen atoms in total. The predicted molar refractivity (Wildman–Crippen MR) is 249 cm³/mol. The zero-order valence-electron chi connectivity index (χ0n) is 33.5. The SMILES string of the molecule is O=C(O)c1cc(NC(=S)NCCn2nc(C(=O)NCc3cccc4ccccc34)c3c2CCN(Cc2ccc(Cl)c(Cl)c2)C3)ccc1-c1c2ccc(=O)cc-2oc2cc(O)ccc12. The first-order valence-electron chi connectivity index (χ1n) is 20.1. The summed E-state index contributed by atoms with van der Waals surface area (Å²) in [6.07, 6.45) is 0.659. The van der Waals surface area contributed by atoms with Crippen LogP contribution in [-0.4, -0.2) is 55.0 Å². The van der Waals surface area contributed by atoms with Crippen molar-refractivity contribution in [3.05, 3.63) is 169 Å². The van der Waals surface area contributed by atoms with E-state index < -0.39 is 5.97 Å². The molecule has 5 aromatic carbocycles. The number of carbonyl (C=O) groups excluding carboxylic acids is 1. The van der Waals surface area contributed by atoms with E-state index in [0.29, 0.717) is 88.2 Å². The molecule has 3 heterocycles.